The van der Waals surface area contributed by atoms with Gasteiger partial charge < -0.3 is 18.9 Å². The van der Waals surface area contributed by atoms with E-state index in [0.717, 1.165) is 30.5 Å². The molecule has 7 nitrogen and oxygen atoms in total. The molecule has 0 N–H and O–H groups in total. The molecular formula is C26H32N4O3S. The minimum Gasteiger partial charge on any atom is -0.493 e. The number of thioether (sulfide) groups is 1. The molecule has 1 aliphatic rings. The van der Waals surface area contributed by atoms with Crippen LogP contribution in [0.5, 0.6) is 11.5 Å². The fraction of sp³-hybridized carbons (Fsp3) is 0.423. The summed E-state index contributed by atoms with van der Waals surface area (Å²) in [7, 11) is 1.63. The summed E-state index contributed by atoms with van der Waals surface area (Å²) in [5.74, 6) is 2.92. The van der Waals surface area contributed by atoms with Crippen molar-refractivity contribution < 1.29 is 14.3 Å². The van der Waals surface area contributed by atoms with Gasteiger partial charge in [0.1, 0.15) is 0 Å². The monoisotopic (exact) mass is 480 g/mol. The number of carbonyl (C=O) groups is 1. The lowest BCUT2D eigenvalue weighted by atomic mass is 10.00. The molecule has 1 atom stereocenters. The Morgan fingerprint density at radius 3 is 2.47 bits per heavy atom. The summed E-state index contributed by atoms with van der Waals surface area (Å²) < 4.78 is 13.7. The van der Waals surface area contributed by atoms with Gasteiger partial charge in [-0.15, -0.1) is 10.2 Å². The zero-order valence-corrected chi connectivity index (χ0v) is 21.0. The van der Waals surface area contributed by atoms with Crippen LogP contribution in [0.1, 0.15) is 43.8 Å². The molecule has 0 spiro atoms. The van der Waals surface area contributed by atoms with Gasteiger partial charge in [0.2, 0.25) is 5.91 Å². The number of amides is 1. The summed E-state index contributed by atoms with van der Waals surface area (Å²) in [4.78, 5) is 14.9. The number of nitrogens with zero attached hydrogens (tertiary/aromatic N) is 4. The average molecular weight is 481 g/mol. The van der Waals surface area contributed by atoms with Crippen LogP contribution in [0.15, 0.2) is 53.7 Å². The van der Waals surface area contributed by atoms with Crippen LogP contribution in [-0.4, -0.2) is 45.0 Å². The van der Waals surface area contributed by atoms with Crippen molar-refractivity contribution in [1.29, 1.82) is 0 Å². The average Bonchev–Trinajstić information content (AvgIpc) is 3.24. The van der Waals surface area contributed by atoms with E-state index < -0.39 is 0 Å². The lowest BCUT2D eigenvalue weighted by Crippen LogP contribution is -2.37. The third kappa shape index (κ3) is 5.55. The zero-order chi connectivity index (χ0) is 24.1. The minimum absolute atomic E-state index is 0.124. The first kappa shape index (κ1) is 24.1. The van der Waals surface area contributed by atoms with E-state index in [1.54, 1.807) is 7.11 Å². The van der Waals surface area contributed by atoms with E-state index in [1.165, 1.54) is 22.9 Å². The fourth-order valence-corrected chi connectivity index (χ4v) is 4.99. The Hall–Kier alpha value is -3.00. The minimum atomic E-state index is -0.328. The summed E-state index contributed by atoms with van der Waals surface area (Å²) in [5.41, 5.74) is 2.57. The number of rotatable bonds is 9. The van der Waals surface area contributed by atoms with Crippen molar-refractivity contribution in [3.63, 3.8) is 0 Å². The molecule has 0 fully saturated rings. The van der Waals surface area contributed by atoms with E-state index in [2.05, 4.69) is 46.8 Å². The van der Waals surface area contributed by atoms with Crippen molar-refractivity contribution in [2.75, 3.05) is 19.4 Å². The summed E-state index contributed by atoms with van der Waals surface area (Å²) in [5, 5.41) is 9.60. The van der Waals surface area contributed by atoms with E-state index in [0.29, 0.717) is 29.7 Å². The molecule has 2 heterocycles. The number of ether oxygens (including phenoxy) is 2. The molecule has 4 rings (SSSR count). The highest BCUT2D eigenvalue weighted by molar-refractivity contribution is 7.99. The van der Waals surface area contributed by atoms with Crippen molar-refractivity contribution in [3.8, 4) is 11.5 Å². The standard InChI is InChI=1S/C26H32N4O3S/c1-18(2)15-30-25(19(3)33-23-12-8-7-11-22(23)32-4)27-28-26(30)34-17-24(31)29-14-13-20-9-5-6-10-21(20)16-29/h5-12,18-19H,13-17H2,1-4H3. The van der Waals surface area contributed by atoms with E-state index in [4.69, 9.17) is 9.47 Å². The summed E-state index contributed by atoms with van der Waals surface area (Å²) in [6.07, 6.45) is 0.573. The third-order valence-electron chi connectivity index (χ3n) is 5.84. The second-order valence-electron chi connectivity index (χ2n) is 8.88. The molecule has 1 unspecified atom stereocenters. The normalized spacial score (nSPS) is 14.1. The van der Waals surface area contributed by atoms with Crippen LogP contribution < -0.4 is 9.47 Å². The Balaban J connectivity index is 1.45. The fourth-order valence-electron chi connectivity index (χ4n) is 4.13. The summed E-state index contributed by atoms with van der Waals surface area (Å²) >= 11 is 1.44. The molecular weight excluding hydrogens is 448 g/mol. The molecule has 180 valence electrons. The number of methoxy groups -OCH3 is 1. The van der Waals surface area contributed by atoms with Crippen LogP contribution in [0.25, 0.3) is 0 Å². The van der Waals surface area contributed by atoms with Gasteiger partial charge in [0, 0.05) is 19.6 Å². The highest BCUT2D eigenvalue weighted by Crippen LogP contribution is 2.31. The number of para-hydroxylation sites is 2. The first-order valence-corrected chi connectivity index (χ1v) is 12.6. The predicted octanol–water partition coefficient (Wildman–Crippen LogP) is 4.76. The molecule has 3 aromatic rings. The smallest absolute Gasteiger partial charge is 0.233 e. The second kappa shape index (κ2) is 11.0. The van der Waals surface area contributed by atoms with Gasteiger partial charge >= 0.3 is 0 Å². The molecule has 0 bridgehead atoms. The number of fused-ring (bicyclic) bond motifs is 1. The third-order valence-corrected chi connectivity index (χ3v) is 6.79. The van der Waals surface area contributed by atoms with Crippen molar-refractivity contribution in [2.24, 2.45) is 5.92 Å². The van der Waals surface area contributed by atoms with Crippen LogP contribution >= 0.6 is 11.8 Å². The van der Waals surface area contributed by atoms with Gasteiger partial charge in [0.15, 0.2) is 28.6 Å². The molecule has 0 saturated carbocycles. The largest absolute Gasteiger partial charge is 0.493 e. The number of aromatic nitrogens is 3. The maximum Gasteiger partial charge on any atom is 0.233 e. The number of hydrogen-bond acceptors (Lipinski definition) is 6. The number of benzene rings is 2. The van der Waals surface area contributed by atoms with Gasteiger partial charge in [-0.05, 0) is 42.5 Å². The Morgan fingerprint density at radius 1 is 1.03 bits per heavy atom. The molecule has 0 radical (unpaired) electrons. The van der Waals surface area contributed by atoms with Crippen molar-refractivity contribution in [1.82, 2.24) is 19.7 Å². The Morgan fingerprint density at radius 2 is 1.74 bits per heavy atom. The highest BCUT2D eigenvalue weighted by Gasteiger charge is 2.24. The number of carbonyl (C=O) groups excluding carboxylic acids is 1. The summed E-state index contributed by atoms with van der Waals surface area (Å²) in [6, 6.07) is 15.9. The Bertz CT molecular complexity index is 1130. The molecule has 2 aromatic carbocycles. The lowest BCUT2D eigenvalue weighted by Gasteiger charge is -2.28. The van der Waals surface area contributed by atoms with Crippen LogP contribution in [0.4, 0.5) is 0 Å². The zero-order valence-electron chi connectivity index (χ0n) is 20.2. The van der Waals surface area contributed by atoms with Crippen molar-refractivity contribution in [3.05, 3.63) is 65.5 Å². The van der Waals surface area contributed by atoms with Crippen LogP contribution in [0, 0.1) is 5.92 Å². The predicted molar refractivity (Wildman–Crippen MR) is 133 cm³/mol. The first-order valence-electron chi connectivity index (χ1n) is 11.7. The van der Waals surface area contributed by atoms with Crippen LogP contribution in [-0.2, 0) is 24.3 Å². The molecule has 34 heavy (non-hydrogen) atoms. The van der Waals surface area contributed by atoms with E-state index in [9.17, 15) is 4.79 Å². The van der Waals surface area contributed by atoms with Gasteiger partial charge in [-0.3, -0.25) is 4.79 Å². The summed E-state index contributed by atoms with van der Waals surface area (Å²) in [6.45, 7) is 8.43. The second-order valence-corrected chi connectivity index (χ2v) is 9.82. The Kier molecular flexibility index (Phi) is 7.77. The van der Waals surface area contributed by atoms with Crippen molar-refractivity contribution >= 4 is 17.7 Å². The lowest BCUT2D eigenvalue weighted by molar-refractivity contribution is -0.129. The quantitative estimate of drug-likeness (QED) is 0.411. The van der Waals surface area contributed by atoms with E-state index >= 15 is 0 Å². The van der Waals surface area contributed by atoms with Gasteiger partial charge in [-0.2, -0.15) is 0 Å². The molecule has 0 aliphatic carbocycles. The van der Waals surface area contributed by atoms with Crippen LogP contribution in [0.2, 0.25) is 0 Å². The SMILES string of the molecule is COc1ccccc1OC(C)c1nnc(SCC(=O)N2CCc3ccccc3C2)n1CC(C)C. The van der Waals surface area contributed by atoms with Crippen LogP contribution in [0.3, 0.4) is 0 Å². The molecule has 8 heteroatoms. The highest BCUT2D eigenvalue weighted by atomic mass is 32.2. The Labute approximate surface area is 205 Å². The van der Waals surface area contributed by atoms with Gasteiger partial charge in [-0.25, -0.2) is 0 Å². The maximum atomic E-state index is 13.0. The van der Waals surface area contributed by atoms with Gasteiger partial charge in [-0.1, -0.05) is 62.0 Å². The maximum absolute atomic E-state index is 13.0. The molecule has 1 aliphatic heterocycles. The van der Waals surface area contributed by atoms with E-state index in [1.807, 2.05) is 42.2 Å². The molecule has 1 aromatic heterocycles. The van der Waals surface area contributed by atoms with E-state index in [-0.39, 0.29) is 12.0 Å². The molecule has 0 saturated heterocycles. The topological polar surface area (TPSA) is 69.5 Å². The molecule has 1 amide bonds. The first-order chi connectivity index (χ1) is 16.5. The van der Waals surface area contributed by atoms with Gasteiger partial charge in [0.05, 0.1) is 12.9 Å². The van der Waals surface area contributed by atoms with Gasteiger partial charge in [0.25, 0.3) is 0 Å². The number of hydrogen-bond donors (Lipinski definition) is 0. The van der Waals surface area contributed by atoms with Crippen molar-refractivity contribution in [2.45, 2.75) is 51.5 Å².